The quantitative estimate of drug-likeness (QED) is 0.606. The first-order valence-corrected chi connectivity index (χ1v) is 11.1. The molecule has 5 nitrogen and oxygen atoms in total. The van der Waals surface area contributed by atoms with E-state index in [1.807, 2.05) is 11.0 Å². The summed E-state index contributed by atoms with van der Waals surface area (Å²) < 4.78 is 0. The molecule has 0 atom stereocenters. The van der Waals surface area contributed by atoms with Crippen molar-refractivity contribution in [3.63, 3.8) is 0 Å². The number of nitrogens with two attached hydrogens (primary N) is 1. The molecule has 1 aromatic rings. The largest absolute Gasteiger partial charge is 0.366 e. The highest BCUT2D eigenvalue weighted by Gasteiger charge is 2.43. The standard InChI is InChI=1S/C25H36N4O/c1-24(2)15-22(27)16-25(3,4)29(24)18-21(17-26)23(30)28-12-10-20(11-13-28)14-19-8-6-5-7-9-19/h5-9,18,20,22H,10-16,27H2,1-4H3/b21-18-. The van der Waals surface area contributed by atoms with Crippen LogP contribution in [0, 0.1) is 17.2 Å². The molecule has 2 heterocycles. The second-order valence-electron chi connectivity index (χ2n) is 10.2. The molecule has 162 valence electrons. The van der Waals surface area contributed by atoms with Crippen LogP contribution in [0.2, 0.25) is 0 Å². The minimum atomic E-state index is -0.202. The Balaban J connectivity index is 1.67. The molecule has 2 fully saturated rings. The number of hydrogen-bond acceptors (Lipinski definition) is 4. The predicted molar refractivity (Wildman–Crippen MR) is 120 cm³/mol. The third kappa shape index (κ3) is 5.05. The smallest absolute Gasteiger partial charge is 0.266 e. The van der Waals surface area contributed by atoms with Gasteiger partial charge in [-0.3, -0.25) is 4.79 Å². The first-order valence-electron chi connectivity index (χ1n) is 11.1. The number of carbonyl (C=O) groups excluding carboxylic acids is 1. The van der Waals surface area contributed by atoms with Crippen molar-refractivity contribution in [1.82, 2.24) is 9.80 Å². The van der Waals surface area contributed by atoms with Gasteiger partial charge >= 0.3 is 0 Å². The first-order chi connectivity index (χ1) is 14.1. The van der Waals surface area contributed by atoms with E-state index in [1.165, 1.54) is 5.56 Å². The van der Waals surface area contributed by atoms with Crippen LogP contribution in [0.4, 0.5) is 0 Å². The highest BCUT2D eigenvalue weighted by atomic mass is 16.2. The maximum absolute atomic E-state index is 13.1. The predicted octanol–water partition coefficient (Wildman–Crippen LogP) is 3.86. The lowest BCUT2D eigenvalue weighted by Crippen LogP contribution is -2.61. The Morgan fingerprint density at radius 2 is 1.70 bits per heavy atom. The number of piperidine rings is 2. The molecule has 1 aromatic carbocycles. The number of hydrogen-bond donors (Lipinski definition) is 1. The topological polar surface area (TPSA) is 73.4 Å². The van der Waals surface area contributed by atoms with Gasteiger partial charge in [-0.2, -0.15) is 5.26 Å². The Kier molecular flexibility index (Phi) is 6.57. The molecule has 3 rings (SSSR count). The maximum atomic E-state index is 13.1. The summed E-state index contributed by atoms with van der Waals surface area (Å²) in [6.07, 6.45) is 6.49. The number of rotatable bonds is 4. The van der Waals surface area contributed by atoms with Crippen LogP contribution in [0.25, 0.3) is 0 Å². The van der Waals surface area contributed by atoms with E-state index in [4.69, 9.17) is 5.73 Å². The van der Waals surface area contributed by atoms with Crippen molar-refractivity contribution in [2.45, 2.75) is 76.9 Å². The van der Waals surface area contributed by atoms with Crippen LogP contribution in [0.1, 0.15) is 58.9 Å². The van der Waals surface area contributed by atoms with E-state index < -0.39 is 0 Å². The van der Waals surface area contributed by atoms with Gasteiger partial charge in [-0.15, -0.1) is 0 Å². The van der Waals surface area contributed by atoms with Gasteiger partial charge < -0.3 is 15.5 Å². The van der Waals surface area contributed by atoms with E-state index in [0.29, 0.717) is 19.0 Å². The molecule has 0 bridgehead atoms. The summed E-state index contributed by atoms with van der Waals surface area (Å²) in [5.41, 5.74) is 7.45. The molecule has 30 heavy (non-hydrogen) atoms. The maximum Gasteiger partial charge on any atom is 0.266 e. The van der Waals surface area contributed by atoms with Gasteiger partial charge in [0.15, 0.2) is 0 Å². The van der Waals surface area contributed by atoms with Gasteiger partial charge in [0.2, 0.25) is 0 Å². The lowest BCUT2D eigenvalue weighted by molar-refractivity contribution is -0.128. The van der Waals surface area contributed by atoms with E-state index in [-0.39, 0.29) is 28.6 Å². The number of likely N-dealkylation sites (tertiary alicyclic amines) is 2. The number of amides is 1. The monoisotopic (exact) mass is 408 g/mol. The number of benzene rings is 1. The summed E-state index contributed by atoms with van der Waals surface area (Å²) in [5.74, 6) is 0.449. The molecule has 5 heteroatoms. The highest BCUT2D eigenvalue weighted by Crippen LogP contribution is 2.38. The van der Waals surface area contributed by atoms with Crippen molar-refractivity contribution in [3.05, 3.63) is 47.7 Å². The minimum absolute atomic E-state index is 0.129. The van der Waals surface area contributed by atoms with Crippen LogP contribution in [-0.4, -0.2) is 45.9 Å². The first kappa shape index (κ1) is 22.4. The van der Waals surface area contributed by atoms with Gasteiger partial charge in [-0.05, 0) is 71.3 Å². The molecule has 2 aliphatic rings. The number of nitriles is 1. The van der Waals surface area contributed by atoms with Gasteiger partial charge in [0, 0.05) is 36.4 Å². The lowest BCUT2D eigenvalue weighted by Gasteiger charge is -2.54. The molecule has 1 amide bonds. The van der Waals surface area contributed by atoms with Crippen LogP contribution in [-0.2, 0) is 11.2 Å². The molecule has 0 saturated carbocycles. The summed E-state index contributed by atoms with van der Waals surface area (Å²) in [6, 6.07) is 12.8. The van der Waals surface area contributed by atoms with Gasteiger partial charge in [-0.25, -0.2) is 0 Å². The Labute approximate surface area is 181 Å². The fourth-order valence-corrected chi connectivity index (χ4v) is 5.44. The fourth-order valence-electron chi connectivity index (χ4n) is 5.44. The van der Waals surface area contributed by atoms with Crippen molar-refractivity contribution in [3.8, 4) is 6.07 Å². The van der Waals surface area contributed by atoms with Gasteiger partial charge in [0.1, 0.15) is 11.6 Å². The second kappa shape index (κ2) is 8.81. The summed E-state index contributed by atoms with van der Waals surface area (Å²) in [4.78, 5) is 17.2. The average Bonchev–Trinajstić information content (AvgIpc) is 2.67. The normalized spacial score (nSPS) is 22.6. The third-order valence-corrected chi connectivity index (χ3v) is 6.71. The summed E-state index contributed by atoms with van der Waals surface area (Å²) in [7, 11) is 0. The fraction of sp³-hybridized carbons (Fsp3) is 0.600. The van der Waals surface area contributed by atoms with Crippen molar-refractivity contribution >= 4 is 5.91 Å². The van der Waals surface area contributed by atoms with Crippen LogP contribution in [0.5, 0.6) is 0 Å². The summed E-state index contributed by atoms with van der Waals surface area (Å²) >= 11 is 0. The average molecular weight is 409 g/mol. The van der Waals surface area contributed by atoms with Gasteiger partial charge in [-0.1, -0.05) is 30.3 Å². The molecule has 0 aromatic heterocycles. The number of nitrogens with zero attached hydrogens (tertiary/aromatic N) is 3. The zero-order valence-corrected chi connectivity index (χ0v) is 18.9. The molecule has 0 unspecified atom stereocenters. The van der Waals surface area contributed by atoms with Crippen LogP contribution >= 0.6 is 0 Å². The molecule has 2 saturated heterocycles. The second-order valence-corrected chi connectivity index (χ2v) is 10.2. The zero-order valence-electron chi connectivity index (χ0n) is 18.9. The zero-order chi connectivity index (χ0) is 21.9. The number of carbonyl (C=O) groups is 1. The molecule has 2 aliphatic heterocycles. The Hall–Kier alpha value is -2.32. The van der Waals surface area contributed by atoms with E-state index in [9.17, 15) is 10.1 Å². The van der Waals surface area contributed by atoms with Crippen molar-refractivity contribution in [1.29, 1.82) is 5.26 Å². The minimum Gasteiger partial charge on any atom is -0.366 e. The van der Waals surface area contributed by atoms with Crippen LogP contribution in [0.15, 0.2) is 42.1 Å². The molecule has 0 spiro atoms. The van der Waals surface area contributed by atoms with E-state index >= 15 is 0 Å². The molecular formula is C25H36N4O. The van der Waals surface area contributed by atoms with Crippen molar-refractivity contribution < 1.29 is 4.79 Å². The summed E-state index contributed by atoms with van der Waals surface area (Å²) in [6.45, 7) is 9.98. The highest BCUT2D eigenvalue weighted by molar-refractivity contribution is 5.97. The van der Waals surface area contributed by atoms with Gasteiger partial charge in [0.05, 0.1) is 0 Å². The van der Waals surface area contributed by atoms with Crippen molar-refractivity contribution in [2.24, 2.45) is 11.7 Å². The Bertz CT molecular complexity index is 795. The Morgan fingerprint density at radius 1 is 1.13 bits per heavy atom. The molecule has 0 radical (unpaired) electrons. The van der Waals surface area contributed by atoms with E-state index in [2.05, 4.69) is 62.9 Å². The SMILES string of the molecule is CC1(C)CC(N)CC(C)(C)N1/C=C(/C#N)C(=O)N1CCC(Cc2ccccc2)CC1. The molecule has 0 aliphatic carbocycles. The van der Waals surface area contributed by atoms with Gasteiger partial charge in [0.25, 0.3) is 5.91 Å². The van der Waals surface area contributed by atoms with E-state index in [0.717, 1.165) is 32.1 Å². The van der Waals surface area contributed by atoms with Crippen LogP contribution < -0.4 is 5.73 Å². The third-order valence-electron chi connectivity index (χ3n) is 6.71. The van der Waals surface area contributed by atoms with Crippen molar-refractivity contribution in [2.75, 3.05) is 13.1 Å². The summed E-state index contributed by atoms with van der Waals surface area (Å²) in [5, 5.41) is 9.78. The van der Waals surface area contributed by atoms with E-state index in [1.54, 1.807) is 6.20 Å². The Morgan fingerprint density at radius 3 is 2.23 bits per heavy atom. The lowest BCUT2D eigenvalue weighted by atomic mass is 9.77. The van der Waals surface area contributed by atoms with Crippen LogP contribution in [0.3, 0.4) is 0 Å². The molecule has 2 N–H and O–H groups in total. The molecular weight excluding hydrogens is 372 g/mol.